The molecule has 1 aromatic carbocycles. The van der Waals surface area contributed by atoms with Crippen molar-refractivity contribution in [3.8, 4) is 0 Å². The minimum absolute atomic E-state index is 0.123. The maximum atomic E-state index is 6.26. The summed E-state index contributed by atoms with van der Waals surface area (Å²) in [6.07, 6.45) is 2.85. The molecule has 2 heterocycles. The van der Waals surface area contributed by atoms with Crippen LogP contribution in [0.2, 0.25) is 0 Å². The second-order valence-electron chi connectivity index (χ2n) is 5.36. The highest BCUT2D eigenvalue weighted by molar-refractivity contribution is 7.13. The van der Waals surface area contributed by atoms with E-state index in [1.165, 1.54) is 11.3 Å². The van der Waals surface area contributed by atoms with Crippen molar-refractivity contribution < 1.29 is 0 Å². The van der Waals surface area contributed by atoms with Crippen molar-refractivity contribution >= 4 is 22.2 Å². The summed E-state index contributed by atoms with van der Waals surface area (Å²) in [5.74, 6) is 0. The molecule has 4 nitrogen and oxygen atoms in total. The quantitative estimate of drug-likeness (QED) is 0.943. The van der Waals surface area contributed by atoms with Gasteiger partial charge < -0.3 is 15.5 Å². The zero-order valence-electron chi connectivity index (χ0n) is 12.4. The van der Waals surface area contributed by atoms with Crippen molar-refractivity contribution in [2.45, 2.75) is 19.4 Å². The zero-order valence-corrected chi connectivity index (χ0v) is 13.2. The lowest BCUT2D eigenvalue weighted by Gasteiger charge is -2.37. The minimum Gasteiger partial charge on any atom is -0.368 e. The van der Waals surface area contributed by atoms with Gasteiger partial charge in [-0.15, -0.1) is 11.3 Å². The van der Waals surface area contributed by atoms with Crippen LogP contribution < -0.4 is 15.5 Å². The van der Waals surface area contributed by atoms with Crippen LogP contribution in [0.25, 0.3) is 0 Å². The fourth-order valence-electron chi connectivity index (χ4n) is 2.82. The van der Waals surface area contributed by atoms with E-state index in [0.29, 0.717) is 0 Å². The number of nitrogens with zero attached hydrogens (tertiary/aromatic N) is 3. The van der Waals surface area contributed by atoms with Gasteiger partial charge in [-0.2, -0.15) is 0 Å². The number of benzene rings is 1. The van der Waals surface area contributed by atoms with E-state index in [9.17, 15) is 0 Å². The lowest BCUT2D eigenvalue weighted by Crippen LogP contribution is -2.47. The van der Waals surface area contributed by atoms with Crippen molar-refractivity contribution in [3.05, 3.63) is 41.4 Å². The lowest BCUT2D eigenvalue weighted by molar-refractivity contribution is 0.638. The Kier molecular flexibility index (Phi) is 4.41. The number of para-hydroxylation sites is 1. The molecule has 1 aromatic heterocycles. The number of hydrogen-bond acceptors (Lipinski definition) is 5. The highest BCUT2D eigenvalue weighted by Gasteiger charge is 2.21. The Morgan fingerprint density at radius 3 is 2.57 bits per heavy atom. The van der Waals surface area contributed by atoms with E-state index >= 15 is 0 Å². The number of anilines is 2. The zero-order chi connectivity index (χ0) is 14.7. The smallest absolute Gasteiger partial charge is 0.185 e. The fourth-order valence-corrected chi connectivity index (χ4v) is 3.52. The number of thiazole rings is 1. The summed E-state index contributed by atoms with van der Waals surface area (Å²) in [6.45, 7) is 6.22. The molecule has 0 amide bonds. The molecule has 1 fully saturated rings. The van der Waals surface area contributed by atoms with Gasteiger partial charge in [0.2, 0.25) is 0 Å². The first-order valence-corrected chi connectivity index (χ1v) is 8.41. The summed E-state index contributed by atoms with van der Waals surface area (Å²) in [4.78, 5) is 9.22. The highest BCUT2D eigenvalue weighted by atomic mass is 32.1. The molecule has 112 valence electrons. The third-order valence-corrected chi connectivity index (χ3v) is 4.92. The highest BCUT2D eigenvalue weighted by Crippen LogP contribution is 2.28. The Labute approximate surface area is 130 Å². The molecule has 1 saturated heterocycles. The van der Waals surface area contributed by atoms with Gasteiger partial charge >= 0.3 is 0 Å². The van der Waals surface area contributed by atoms with Gasteiger partial charge in [-0.1, -0.05) is 25.1 Å². The van der Waals surface area contributed by atoms with E-state index in [0.717, 1.165) is 37.7 Å². The maximum absolute atomic E-state index is 6.26. The fraction of sp³-hybridized carbons (Fsp3) is 0.438. The van der Waals surface area contributed by atoms with E-state index in [2.05, 4.69) is 46.0 Å². The molecule has 3 rings (SSSR count). The number of aromatic nitrogens is 1. The molecule has 2 aromatic rings. The third-order valence-electron chi connectivity index (χ3n) is 4.09. The van der Waals surface area contributed by atoms with Crippen molar-refractivity contribution in [1.82, 2.24) is 4.98 Å². The molecular weight excluding hydrogens is 280 g/mol. The SMILES string of the molecule is CCC(N)c1ccccc1N1CCN(c2nccs2)CC1. The van der Waals surface area contributed by atoms with Crippen LogP contribution in [0.5, 0.6) is 0 Å². The van der Waals surface area contributed by atoms with Crippen LogP contribution in [0.3, 0.4) is 0 Å². The first-order chi connectivity index (χ1) is 10.3. The topological polar surface area (TPSA) is 45.4 Å². The Morgan fingerprint density at radius 2 is 1.90 bits per heavy atom. The number of hydrogen-bond donors (Lipinski definition) is 1. The molecule has 0 radical (unpaired) electrons. The van der Waals surface area contributed by atoms with Crippen molar-refractivity contribution in [3.63, 3.8) is 0 Å². The van der Waals surface area contributed by atoms with Gasteiger partial charge in [0, 0.05) is 49.5 Å². The van der Waals surface area contributed by atoms with Crippen molar-refractivity contribution in [1.29, 1.82) is 0 Å². The third kappa shape index (κ3) is 3.04. The summed E-state index contributed by atoms with van der Waals surface area (Å²) in [5.41, 5.74) is 8.82. The first kappa shape index (κ1) is 14.4. The minimum atomic E-state index is 0.123. The van der Waals surface area contributed by atoms with Crippen molar-refractivity contribution in [2.75, 3.05) is 36.0 Å². The van der Waals surface area contributed by atoms with Gasteiger partial charge in [-0.25, -0.2) is 4.98 Å². The second kappa shape index (κ2) is 6.45. The molecular formula is C16H22N4S. The molecule has 0 bridgehead atoms. The number of rotatable bonds is 4. The van der Waals surface area contributed by atoms with Gasteiger partial charge in [0.05, 0.1) is 0 Å². The molecule has 1 unspecified atom stereocenters. The van der Waals surface area contributed by atoms with Gasteiger partial charge in [-0.05, 0) is 18.1 Å². The monoisotopic (exact) mass is 302 g/mol. The molecule has 1 aliphatic rings. The van der Waals surface area contributed by atoms with Gasteiger partial charge in [0.1, 0.15) is 0 Å². The summed E-state index contributed by atoms with van der Waals surface area (Å²) >= 11 is 1.71. The van der Waals surface area contributed by atoms with Crippen LogP contribution in [0.1, 0.15) is 24.9 Å². The molecule has 0 saturated carbocycles. The largest absolute Gasteiger partial charge is 0.368 e. The van der Waals surface area contributed by atoms with Crippen LogP contribution in [0.4, 0.5) is 10.8 Å². The molecule has 1 atom stereocenters. The Bertz CT molecular complexity index is 561. The van der Waals surface area contributed by atoms with E-state index < -0.39 is 0 Å². The van der Waals surface area contributed by atoms with E-state index in [1.807, 2.05) is 11.6 Å². The van der Waals surface area contributed by atoms with Gasteiger partial charge in [-0.3, -0.25) is 0 Å². The molecule has 1 aliphatic heterocycles. The van der Waals surface area contributed by atoms with Crippen LogP contribution in [-0.4, -0.2) is 31.2 Å². The standard InChI is InChI=1S/C16H22N4S/c1-2-14(17)13-5-3-4-6-15(13)19-8-10-20(11-9-19)16-18-7-12-21-16/h3-7,12,14H,2,8-11,17H2,1H3. The summed E-state index contributed by atoms with van der Waals surface area (Å²) < 4.78 is 0. The average molecular weight is 302 g/mol. The van der Waals surface area contributed by atoms with E-state index in [4.69, 9.17) is 5.73 Å². The number of nitrogens with two attached hydrogens (primary N) is 1. The van der Waals surface area contributed by atoms with Crippen molar-refractivity contribution in [2.24, 2.45) is 5.73 Å². The number of piperazine rings is 1. The Morgan fingerprint density at radius 1 is 1.19 bits per heavy atom. The molecule has 5 heteroatoms. The normalized spacial score (nSPS) is 17.0. The van der Waals surface area contributed by atoms with E-state index in [1.54, 1.807) is 11.3 Å². The summed E-state index contributed by atoms with van der Waals surface area (Å²) in [5, 5.41) is 3.17. The van der Waals surface area contributed by atoms with Crippen LogP contribution >= 0.6 is 11.3 Å². The first-order valence-electron chi connectivity index (χ1n) is 7.53. The average Bonchev–Trinajstić information content (AvgIpc) is 3.09. The lowest BCUT2D eigenvalue weighted by atomic mass is 10.0. The maximum Gasteiger partial charge on any atom is 0.185 e. The molecule has 0 spiro atoms. The van der Waals surface area contributed by atoms with Gasteiger partial charge in [0.25, 0.3) is 0 Å². The predicted molar refractivity (Wildman–Crippen MR) is 90.2 cm³/mol. The second-order valence-corrected chi connectivity index (χ2v) is 6.24. The van der Waals surface area contributed by atoms with Gasteiger partial charge in [0.15, 0.2) is 5.13 Å². The van der Waals surface area contributed by atoms with Crippen LogP contribution in [0, 0.1) is 0 Å². The molecule has 0 aliphatic carbocycles. The molecule has 2 N–H and O–H groups in total. The van der Waals surface area contributed by atoms with Crippen LogP contribution in [0.15, 0.2) is 35.8 Å². The Hall–Kier alpha value is -1.59. The van der Waals surface area contributed by atoms with E-state index in [-0.39, 0.29) is 6.04 Å². The van der Waals surface area contributed by atoms with Crippen LogP contribution in [-0.2, 0) is 0 Å². The Balaban J connectivity index is 1.72. The summed E-state index contributed by atoms with van der Waals surface area (Å²) in [7, 11) is 0. The summed E-state index contributed by atoms with van der Waals surface area (Å²) in [6, 6.07) is 8.67. The molecule has 21 heavy (non-hydrogen) atoms. The predicted octanol–water partition coefficient (Wildman–Crippen LogP) is 2.88.